The molecule has 0 amide bonds. The largest absolute Gasteiger partial charge is 0.309 e. The second kappa shape index (κ2) is 18.2. The fourth-order valence-corrected chi connectivity index (χ4v) is 10.0. The van der Waals surface area contributed by atoms with Gasteiger partial charge in [-0.2, -0.15) is 0 Å². The maximum Gasteiger partial charge on any atom is 0.186 e. The van der Waals surface area contributed by atoms with Crippen LogP contribution in [0.2, 0.25) is 0 Å². The van der Waals surface area contributed by atoms with Crippen molar-refractivity contribution in [2.24, 2.45) is 0 Å². The van der Waals surface area contributed by atoms with Crippen molar-refractivity contribution < 1.29 is 52.7 Å². The van der Waals surface area contributed by atoms with E-state index < -0.39 is 92.3 Å². The molecule has 10 aromatic carbocycles. The first-order chi connectivity index (χ1) is 36.7. The molecule has 0 N–H and O–H groups in total. The van der Waals surface area contributed by atoms with Crippen LogP contribution in [0.5, 0.6) is 0 Å². The topological polar surface area (TPSA) is 16.3 Å². The van der Waals surface area contributed by atoms with E-state index in [1.165, 1.54) is 84.9 Å². The van der Waals surface area contributed by atoms with Gasteiger partial charge in [0.1, 0.15) is 34.6 Å². The number of para-hydroxylation sites is 2. The Bertz CT molecular complexity index is 3970. The van der Waals surface area contributed by atoms with E-state index in [0.29, 0.717) is 64.8 Å². The monoisotopic (exact) mass is 1030 g/mol. The van der Waals surface area contributed by atoms with Crippen LogP contribution >= 0.6 is 0 Å². The Morgan fingerprint density at radius 3 is 0.855 bits per heavy atom. The summed E-state index contributed by atoms with van der Waals surface area (Å²) < 4.78 is 196. The van der Waals surface area contributed by atoms with Crippen LogP contribution in [0.4, 0.5) is 86.8 Å². The third kappa shape index (κ3) is 7.49. The number of rotatable bonds is 9. The van der Waals surface area contributed by atoms with Crippen LogP contribution in [0.1, 0.15) is 0 Å². The third-order valence-electron chi connectivity index (χ3n) is 13.3. The molecule has 2 aromatic heterocycles. The van der Waals surface area contributed by atoms with Gasteiger partial charge in [0.2, 0.25) is 0 Å². The van der Waals surface area contributed by atoms with Crippen molar-refractivity contribution in [3.05, 3.63) is 252 Å². The highest BCUT2D eigenvalue weighted by atomic mass is 19.2. The Labute approximate surface area is 422 Å². The fourth-order valence-electron chi connectivity index (χ4n) is 10.0. The maximum atomic E-state index is 17.0. The minimum absolute atomic E-state index is 0.164. The van der Waals surface area contributed by atoms with Gasteiger partial charge in [0.25, 0.3) is 0 Å². The normalized spacial score (nSPS) is 11.7. The van der Waals surface area contributed by atoms with E-state index in [9.17, 15) is 17.6 Å². The molecule has 0 atom stereocenters. The molecule has 0 aliphatic heterocycles. The van der Waals surface area contributed by atoms with Crippen molar-refractivity contribution in [2.45, 2.75) is 0 Å². The van der Waals surface area contributed by atoms with Crippen molar-refractivity contribution >= 4 is 77.7 Å². The van der Waals surface area contributed by atoms with Gasteiger partial charge in [-0.3, -0.25) is 0 Å². The first-order valence-corrected chi connectivity index (χ1v) is 23.1. The van der Waals surface area contributed by atoms with E-state index in [1.807, 2.05) is 0 Å². The van der Waals surface area contributed by atoms with Crippen molar-refractivity contribution in [3.63, 3.8) is 0 Å². The molecular weight excluding hydrogens is 1000 g/mol. The molecule has 0 spiro atoms. The number of fused-ring (bicyclic) bond motifs is 6. The van der Waals surface area contributed by atoms with Crippen LogP contribution in [-0.2, 0) is 0 Å². The van der Waals surface area contributed by atoms with Crippen LogP contribution in [0.3, 0.4) is 0 Å². The van der Waals surface area contributed by atoms with E-state index in [4.69, 9.17) is 0 Å². The second-order valence-electron chi connectivity index (χ2n) is 17.6. The molecule has 0 aliphatic rings. The predicted octanol–water partition coefficient (Wildman–Crippen LogP) is 18.2. The van der Waals surface area contributed by atoms with E-state index in [1.54, 1.807) is 57.7 Å². The number of benzene rings is 10. The number of hydrogen-bond donors (Lipinski definition) is 0. The summed E-state index contributed by atoms with van der Waals surface area (Å²) in [5.41, 5.74) is -4.85. The van der Waals surface area contributed by atoms with Gasteiger partial charge in [-0.05, 0) is 146 Å². The van der Waals surface area contributed by atoms with Gasteiger partial charge >= 0.3 is 0 Å². The number of aromatic nitrogens is 2. The molecule has 0 saturated heterocycles. The van der Waals surface area contributed by atoms with Crippen LogP contribution in [-0.4, -0.2) is 9.13 Å². The first-order valence-electron chi connectivity index (χ1n) is 23.1. The number of hydrogen-bond acceptors (Lipinski definition) is 2. The summed E-state index contributed by atoms with van der Waals surface area (Å²) >= 11 is 0. The van der Waals surface area contributed by atoms with Crippen molar-refractivity contribution in [1.82, 2.24) is 9.13 Å². The molecule has 0 saturated carbocycles. The smallest absolute Gasteiger partial charge is 0.186 e. The predicted molar refractivity (Wildman–Crippen MR) is 269 cm³/mol. The molecule has 0 bridgehead atoms. The van der Waals surface area contributed by atoms with E-state index >= 15 is 35.1 Å². The highest BCUT2D eigenvalue weighted by molar-refractivity contribution is 6.12. The zero-order valence-corrected chi connectivity index (χ0v) is 38.6. The maximum absolute atomic E-state index is 17.0. The molecule has 0 radical (unpaired) electrons. The van der Waals surface area contributed by atoms with Crippen LogP contribution in [0.25, 0.3) is 66.1 Å². The van der Waals surface area contributed by atoms with Crippen LogP contribution < -0.4 is 9.80 Å². The number of halogens is 12. The van der Waals surface area contributed by atoms with Gasteiger partial charge in [0, 0.05) is 55.7 Å². The Balaban J connectivity index is 1.03. The Morgan fingerprint density at radius 2 is 0.526 bits per heavy atom. The first kappa shape index (κ1) is 47.6. The third-order valence-corrected chi connectivity index (χ3v) is 13.3. The summed E-state index contributed by atoms with van der Waals surface area (Å²) in [4.78, 5) is 1.38. The van der Waals surface area contributed by atoms with Crippen molar-refractivity contribution in [3.8, 4) is 22.5 Å². The molecule has 0 unspecified atom stereocenters. The summed E-state index contributed by atoms with van der Waals surface area (Å²) in [6.07, 6.45) is 0. The zero-order chi connectivity index (χ0) is 52.8. The van der Waals surface area contributed by atoms with Crippen LogP contribution in [0.15, 0.2) is 182 Å². The minimum atomic E-state index is -2.46. The summed E-state index contributed by atoms with van der Waals surface area (Å²) in [7, 11) is 0. The number of nitrogens with zero attached hydrogens (tertiary/aromatic N) is 4. The lowest BCUT2D eigenvalue weighted by Crippen LogP contribution is -2.19. The van der Waals surface area contributed by atoms with E-state index in [2.05, 4.69) is 0 Å². The van der Waals surface area contributed by atoms with Crippen molar-refractivity contribution in [1.29, 1.82) is 0 Å². The molecule has 12 rings (SSSR count). The van der Waals surface area contributed by atoms with Gasteiger partial charge in [-0.1, -0.05) is 36.4 Å². The molecule has 0 fully saturated rings. The highest BCUT2D eigenvalue weighted by Crippen LogP contribution is 2.49. The summed E-state index contributed by atoms with van der Waals surface area (Å²) in [5.74, 6) is -21.5. The quantitative estimate of drug-likeness (QED) is 0.106. The molecule has 0 aliphatic carbocycles. The van der Waals surface area contributed by atoms with Gasteiger partial charge in [-0.25, -0.2) is 52.7 Å². The summed E-state index contributed by atoms with van der Waals surface area (Å²) in [6, 6.07) is 41.2. The molecule has 374 valence electrons. The Morgan fingerprint density at radius 1 is 0.250 bits per heavy atom. The molecule has 16 heteroatoms. The molecule has 76 heavy (non-hydrogen) atoms. The molecular formula is C60H30F12N4. The van der Waals surface area contributed by atoms with Gasteiger partial charge in [-0.15, -0.1) is 0 Å². The Kier molecular flexibility index (Phi) is 11.4. The lowest BCUT2D eigenvalue weighted by Gasteiger charge is -2.28. The van der Waals surface area contributed by atoms with Crippen LogP contribution in [0, 0.1) is 69.8 Å². The van der Waals surface area contributed by atoms with Gasteiger partial charge < -0.3 is 18.9 Å². The minimum Gasteiger partial charge on any atom is -0.309 e. The standard InChI is InChI=1S/C60H30F12N4/c61-31-9-17-35(18-10-31)73(39-25-27-47-43(29-39)41-5-1-3-7-45(41)75(47)37-21-13-33(63)14-22-37)59-55(69)51(65)49(52(66)56(59)70)50-53(67)57(71)60(58(72)54(50)68)74(36-19-11-32(62)12-20-36)40-26-28-48-44(30-40)42-6-2-4-8-46(42)76(48)38-23-15-34(64)16-24-38/h1-30H. The van der Waals surface area contributed by atoms with Gasteiger partial charge in [0.05, 0.1) is 33.2 Å². The highest BCUT2D eigenvalue weighted by Gasteiger charge is 2.38. The molecule has 4 nitrogen and oxygen atoms in total. The lowest BCUT2D eigenvalue weighted by molar-refractivity contribution is 0.444. The molecule has 2 heterocycles. The zero-order valence-electron chi connectivity index (χ0n) is 38.6. The summed E-state index contributed by atoms with van der Waals surface area (Å²) in [5, 5.41) is 1.99. The van der Waals surface area contributed by atoms with Gasteiger partial charge in [0.15, 0.2) is 46.5 Å². The molecule has 12 aromatic rings. The lowest BCUT2D eigenvalue weighted by atomic mass is 9.98. The Hall–Kier alpha value is -9.44. The average Bonchev–Trinajstić information content (AvgIpc) is 3.94. The number of anilines is 6. The van der Waals surface area contributed by atoms with Crippen molar-refractivity contribution in [2.75, 3.05) is 9.80 Å². The fraction of sp³-hybridized carbons (Fsp3) is 0. The second-order valence-corrected chi connectivity index (χ2v) is 17.6. The van der Waals surface area contributed by atoms with E-state index in [-0.39, 0.29) is 22.7 Å². The SMILES string of the molecule is Fc1ccc(N(c2ccc3c(c2)c2ccccc2n3-c2ccc(F)cc2)c2c(F)c(F)c(-c3c(F)c(F)c(N(c4ccc(F)cc4)c4ccc5c(c4)c4ccccc4n5-c4ccc(F)cc4)c(F)c3F)c(F)c2F)cc1. The average molecular weight is 1030 g/mol. The summed E-state index contributed by atoms with van der Waals surface area (Å²) in [6.45, 7) is 0. The van der Waals surface area contributed by atoms with E-state index in [0.717, 1.165) is 48.5 Å².